The summed E-state index contributed by atoms with van der Waals surface area (Å²) in [6.45, 7) is 5.45. The van der Waals surface area contributed by atoms with Crippen LogP contribution < -0.4 is 5.32 Å². The van der Waals surface area contributed by atoms with Crippen molar-refractivity contribution in [1.29, 1.82) is 0 Å². The van der Waals surface area contributed by atoms with E-state index in [1.807, 2.05) is 32.1 Å². The van der Waals surface area contributed by atoms with Gasteiger partial charge in [-0.05, 0) is 50.5 Å². The molecule has 0 aliphatic carbocycles. The van der Waals surface area contributed by atoms with Gasteiger partial charge < -0.3 is 14.6 Å². The van der Waals surface area contributed by atoms with E-state index < -0.39 is 24.2 Å². The summed E-state index contributed by atoms with van der Waals surface area (Å²) >= 11 is 0. The molecule has 0 aromatic carbocycles. The molecule has 2 rings (SSSR count). The molecule has 0 radical (unpaired) electrons. The fourth-order valence-electron chi connectivity index (χ4n) is 4.81. The molecule has 2 amide bonds. The number of allylic oxidation sites excluding steroid dienone is 1. The lowest BCUT2D eigenvalue weighted by atomic mass is 9.86. The van der Waals surface area contributed by atoms with E-state index in [2.05, 4.69) is 5.32 Å². The zero-order chi connectivity index (χ0) is 26.0. The van der Waals surface area contributed by atoms with Crippen molar-refractivity contribution in [3.05, 3.63) is 23.8 Å². The van der Waals surface area contributed by atoms with Crippen LogP contribution in [0.4, 0.5) is 0 Å². The SMILES string of the molecule is CO[C@H]1/C=C/CCCCC(=O)OC([C@H](C)C(=O)CCCC2CC(=O)NC(=O)C2)/C(C)=C\[C@@H](C)[C@@H]1O. The number of ketones is 1. The summed E-state index contributed by atoms with van der Waals surface area (Å²) in [7, 11) is 1.56. The number of cyclic esters (lactones) is 1. The number of Topliss-reactive ketones (excluding diaryl/α,β-unsaturated/α-hetero) is 1. The normalized spacial score (nSPS) is 30.9. The van der Waals surface area contributed by atoms with E-state index in [0.29, 0.717) is 32.1 Å². The van der Waals surface area contributed by atoms with Gasteiger partial charge in [-0.2, -0.15) is 0 Å². The van der Waals surface area contributed by atoms with Crippen molar-refractivity contribution < 1.29 is 33.8 Å². The van der Waals surface area contributed by atoms with Crippen LogP contribution in [0.25, 0.3) is 0 Å². The molecule has 2 aliphatic rings. The maximum atomic E-state index is 13.0. The zero-order valence-electron chi connectivity index (χ0n) is 21.5. The first-order valence-electron chi connectivity index (χ1n) is 12.7. The lowest BCUT2D eigenvalue weighted by Crippen LogP contribution is -2.38. The summed E-state index contributed by atoms with van der Waals surface area (Å²) < 4.78 is 11.2. The molecular weight excluding hydrogens is 450 g/mol. The molecule has 1 saturated heterocycles. The lowest BCUT2D eigenvalue weighted by molar-refractivity contribution is -0.151. The number of nitrogens with one attached hydrogen (secondary N) is 1. The van der Waals surface area contributed by atoms with Gasteiger partial charge in [0.1, 0.15) is 18.0 Å². The summed E-state index contributed by atoms with van der Waals surface area (Å²) in [5.41, 5.74) is 0.719. The first kappa shape index (κ1) is 28.9. The van der Waals surface area contributed by atoms with Crippen molar-refractivity contribution in [2.45, 2.75) is 96.9 Å². The van der Waals surface area contributed by atoms with Gasteiger partial charge in [-0.1, -0.05) is 32.1 Å². The quantitative estimate of drug-likeness (QED) is 0.318. The molecule has 35 heavy (non-hydrogen) atoms. The van der Waals surface area contributed by atoms with Gasteiger partial charge >= 0.3 is 5.97 Å². The van der Waals surface area contributed by atoms with Crippen LogP contribution in [0, 0.1) is 17.8 Å². The fraction of sp³-hybridized carbons (Fsp3) is 0.704. The van der Waals surface area contributed by atoms with Gasteiger partial charge in [-0.3, -0.25) is 24.5 Å². The monoisotopic (exact) mass is 491 g/mol. The van der Waals surface area contributed by atoms with Crippen LogP contribution in [0.15, 0.2) is 23.8 Å². The zero-order valence-corrected chi connectivity index (χ0v) is 21.5. The molecule has 1 fully saturated rings. The van der Waals surface area contributed by atoms with Gasteiger partial charge in [0.05, 0.1) is 12.0 Å². The number of rotatable bonds is 7. The van der Waals surface area contributed by atoms with Crippen molar-refractivity contribution in [3.63, 3.8) is 0 Å². The standard InChI is InChI=1S/C27H41NO7/c1-17-14-18(2)27(35-25(32)13-8-6-5-7-12-22(34-4)26(17)33)19(3)21(29)11-9-10-20-15-23(30)28-24(31)16-20/h7,12,14,17,19-20,22,26-27,33H,5-6,8-11,13,15-16H2,1-4H3,(H,28,30,31)/b12-7+,18-14-/t17-,19-,22+,26+,27?/m1/s1. The number of ether oxygens (including phenoxy) is 2. The summed E-state index contributed by atoms with van der Waals surface area (Å²) in [6, 6.07) is 0. The Morgan fingerprint density at radius 1 is 1.23 bits per heavy atom. The van der Waals surface area contributed by atoms with Crippen LogP contribution in [0.2, 0.25) is 0 Å². The number of aliphatic hydroxyl groups is 1. The fourth-order valence-corrected chi connectivity index (χ4v) is 4.81. The Hall–Kier alpha value is -2.32. The average Bonchev–Trinajstić information content (AvgIpc) is 2.79. The van der Waals surface area contributed by atoms with Crippen LogP contribution in [0.3, 0.4) is 0 Å². The number of imide groups is 1. The average molecular weight is 492 g/mol. The van der Waals surface area contributed by atoms with Crippen LogP contribution in [0.5, 0.6) is 0 Å². The van der Waals surface area contributed by atoms with Crippen LogP contribution in [-0.4, -0.2) is 54.1 Å². The van der Waals surface area contributed by atoms with Gasteiger partial charge in [0, 0.05) is 38.7 Å². The summed E-state index contributed by atoms with van der Waals surface area (Å²) in [4.78, 5) is 48.7. The molecule has 196 valence electrons. The molecule has 0 saturated carbocycles. The summed E-state index contributed by atoms with van der Waals surface area (Å²) in [6.07, 6.45) is 8.33. The number of hydrogen-bond acceptors (Lipinski definition) is 7. The summed E-state index contributed by atoms with van der Waals surface area (Å²) in [5, 5.41) is 13.1. The predicted octanol–water partition coefficient (Wildman–Crippen LogP) is 3.42. The largest absolute Gasteiger partial charge is 0.457 e. The molecule has 0 bridgehead atoms. The van der Waals surface area contributed by atoms with Gasteiger partial charge in [-0.15, -0.1) is 0 Å². The summed E-state index contributed by atoms with van der Waals surface area (Å²) in [5.74, 6) is -1.78. The van der Waals surface area contributed by atoms with Gasteiger partial charge in [0.2, 0.25) is 11.8 Å². The number of methoxy groups -OCH3 is 1. The van der Waals surface area contributed by atoms with Crippen LogP contribution in [0.1, 0.15) is 78.6 Å². The van der Waals surface area contributed by atoms with E-state index >= 15 is 0 Å². The first-order valence-corrected chi connectivity index (χ1v) is 12.7. The van der Waals surface area contributed by atoms with Crippen molar-refractivity contribution >= 4 is 23.6 Å². The molecule has 2 aliphatic heterocycles. The first-order chi connectivity index (χ1) is 16.6. The number of amides is 2. The highest BCUT2D eigenvalue weighted by Gasteiger charge is 2.31. The minimum Gasteiger partial charge on any atom is -0.457 e. The minimum atomic E-state index is -0.785. The predicted molar refractivity (Wildman–Crippen MR) is 131 cm³/mol. The number of hydrogen-bond donors (Lipinski definition) is 2. The Kier molecular flexibility index (Phi) is 11.8. The second-order valence-electron chi connectivity index (χ2n) is 9.94. The molecule has 5 atom stereocenters. The van der Waals surface area contributed by atoms with E-state index in [4.69, 9.17) is 9.47 Å². The third-order valence-corrected chi connectivity index (χ3v) is 6.93. The third kappa shape index (κ3) is 9.33. The van der Waals surface area contributed by atoms with Gasteiger partial charge in [0.15, 0.2) is 0 Å². The molecule has 0 aromatic rings. The molecule has 0 aromatic heterocycles. The van der Waals surface area contributed by atoms with Crippen LogP contribution >= 0.6 is 0 Å². The third-order valence-electron chi connectivity index (χ3n) is 6.93. The highest BCUT2D eigenvalue weighted by atomic mass is 16.5. The number of carbonyl (C=O) groups is 4. The second kappa shape index (κ2) is 14.3. The molecular formula is C27H41NO7. The van der Waals surface area contributed by atoms with E-state index in [1.54, 1.807) is 14.0 Å². The van der Waals surface area contributed by atoms with Gasteiger partial charge in [0.25, 0.3) is 0 Å². The van der Waals surface area contributed by atoms with Crippen molar-refractivity contribution in [2.75, 3.05) is 7.11 Å². The number of piperidine rings is 1. The second-order valence-corrected chi connectivity index (χ2v) is 9.94. The van der Waals surface area contributed by atoms with Gasteiger partial charge in [-0.25, -0.2) is 0 Å². The Morgan fingerprint density at radius 3 is 2.57 bits per heavy atom. The molecule has 2 heterocycles. The van der Waals surface area contributed by atoms with E-state index in [0.717, 1.165) is 18.4 Å². The van der Waals surface area contributed by atoms with Crippen LogP contribution in [-0.2, 0) is 28.7 Å². The minimum absolute atomic E-state index is 0.0332. The highest BCUT2D eigenvalue weighted by Crippen LogP contribution is 2.26. The van der Waals surface area contributed by atoms with Crippen molar-refractivity contribution in [1.82, 2.24) is 5.32 Å². The number of aliphatic hydroxyl groups excluding tert-OH is 1. The Labute approximate surface area is 208 Å². The Bertz CT molecular complexity index is 802. The number of esters is 1. The van der Waals surface area contributed by atoms with E-state index in [1.165, 1.54) is 0 Å². The maximum absolute atomic E-state index is 13.0. The topological polar surface area (TPSA) is 119 Å². The Morgan fingerprint density at radius 2 is 1.91 bits per heavy atom. The molecule has 0 spiro atoms. The van der Waals surface area contributed by atoms with E-state index in [-0.39, 0.29) is 48.2 Å². The lowest BCUT2D eigenvalue weighted by Gasteiger charge is -2.28. The maximum Gasteiger partial charge on any atom is 0.306 e. The molecule has 8 nitrogen and oxygen atoms in total. The van der Waals surface area contributed by atoms with Crippen molar-refractivity contribution in [2.24, 2.45) is 17.8 Å². The molecule has 1 unspecified atom stereocenters. The smallest absolute Gasteiger partial charge is 0.306 e. The molecule has 2 N–H and O–H groups in total. The number of carbonyl (C=O) groups excluding carboxylic acids is 4. The highest BCUT2D eigenvalue weighted by molar-refractivity contribution is 5.97. The van der Waals surface area contributed by atoms with E-state index in [9.17, 15) is 24.3 Å². The molecule has 8 heteroatoms. The Balaban J connectivity index is 2.09. The van der Waals surface area contributed by atoms with Crippen molar-refractivity contribution in [3.8, 4) is 0 Å².